The molecule has 0 atom stereocenters. The zero-order valence-electron chi connectivity index (χ0n) is 10.5. The highest BCUT2D eigenvalue weighted by Gasteiger charge is 2.20. The summed E-state index contributed by atoms with van der Waals surface area (Å²) in [6.07, 6.45) is 0. The molecule has 1 aromatic carbocycles. The van der Waals surface area contributed by atoms with Gasteiger partial charge in [-0.1, -0.05) is 38.1 Å². The molecule has 1 heteroatoms. The first kappa shape index (κ1) is 11.8. The van der Waals surface area contributed by atoms with Crippen molar-refractivity contribution in [1.82, 2.24) is 0 Å². The second kappa shape index (κ2) is 4.09. The largest absolute Gasteiger partial charge is 0.378 e. The van der Waals surface area contributed by atoms with Crippen LogP contribution in [0.15, 0.2) is 36.4 Å². The second-order valence-corrected chi connectivity index (χ2v) is 4.85. The monoisotopic (exact) mass is 203 g/mol. The number of hydrogen-bond acceptors (Lipinski definition) is 1. The lowest BCUT2D eigenvalue weighted by molar-refractivity contribution is 0.626. The molecule has 0 aliphatic rings. The van der Waals surface area contributed by atoms with E-state index in [1.165, 1.54) is 16.8 Å². The molecule has 0 radical (unpaired) electrons. The van der Waals surface area contributed by atoms with Crippen LogP contribution >= 0.6 is 0 Å². The lowest BCUT2D eigenvalue weighted by Crippen LogP contribution is -2.18. The van der Waals surface area contributed by atoms with E-state index in [-0.39, 0.29) is 5.41 Å². The summed E-state index contributed by atoms with van der Waals surface area (Å²) in [5, 5.41) is 0. The van der Waals surface area contributed by atoms with Gasteiger partial charge in [-0.15, -0.1) is 0 Å². The Labute approximate surface area is 93.4 Å². The minimum absolute atomic E-state index is 0.0604. The first-order chi connectivity index (χ1) is 6.85. The fraction of sp³-hybridized carbons (Fsp3) is 0.429. The molecule has 82 valence electrons. The van der Waals surface area contributed by atoms with E-state index >= 15 is 0 Å². The Morgan fingerprint density at radius 1 is 1.13 bits per heavy atom. The lowest BCUT2D eigenvalue weighted by atomic mass is 9.79. The Balaban J connectivity index is 3.04. The fourth-order valence-corrected chi connectivity index (χ4v) is 1.42. The van der Waals surface area contributed by atoms with Gasteiger partial charge in [0.2, 0.25) is 0 Å². The van der Waals surface area contributed by atoms with Gasteiger partial charge in [0.25, 0.3) is 0 Å². The number of benzene rings is 1. The number of hydrogen-bond donors (Lipinski definition) is 0. The summed E-state index contributed by atoms with van der Waals surface area (Å²) in [4.78, 5) is 2.11. The molecule has 0 amide bonds. The first-order valence-corrected chi connectivity index (χ1v) is 5.29. The molecule has 0 aromatic heterocycles. The molecular weight excluding hydrogens is 182 g/mol. The third-order valence-electron chi connectivity index (χ3n) is 3.17. The molecule has 0 spiro atoms. The Morgan fingerprint density at radius 3 is 1.93 bits per heavy atom. The molecule has 1 rings (SSSR count). The summed E-state index contributed by atoms with van der Waals surface area (Å²) in [6, 6.07) is 8.67. The Hall–Kier alpha value is -1.24. The summed E-state index contributed by atoms with van der Waals surface area (Å²) < 4.78 is 0. The predicted molar refractivity (Wildman–Crippen MR) is 68.6 cm³/mol. The number of anilines is 1. The number of nitrogens with zero attached hydrogens (tertiary/aromatic N) is 1. The van der Waals surface area contributed by atoms with Crippen molar-refractivity contribution in [2.24, 2.45) is 0 Å². The summed E-state index contributed by atoms with van der Waals surface area (Å²) >= 11 is 0. The molecule has 0 saturated carbocycles. The third-order valence-corrected chi connectivity index (χ3v) is 3.17. The third kappa shape index (κ3) is 2.41. The van der Waals surface area contributed by atoms with Gasteiger partial charge in [-0.2, -0.15) is 0 Å². The average molecular weight is 203 g/mol. The van der Waals surface area contributed by atoms with E-state index in [4.69, 9.17) is 0 Å². The molecule has 0 fully saturated rings. The highest BCUT2D eigenvalue weighted by molar-refractivity contribution is 5.48. The van der Waals surface area contributed by atoms with Gasteiger partial charge in [-0.05, 0) is 24.6 Å². The average Bonchev–Trinajstić information content (AvgIpc) is 2.17. The van der Waals surface area contributed by atoms with Gasteiger partial charge in [0.15, 0.2) is 0 Å². The van der Waals surface area contributed by atoms with Crippen LogP contribution in [0.2, 0.25) is 0 Å². The molecule has 0 aliphatic heterocycles. The van der Waals surface area contributed by atoms with Crippen molar-refractivity contribution >= 4 is 5.69 Å². The van der Waals surface area contributed by atoms with Crippen molar-refractivity contribution < 1.29 is 0 Å². The maximum absolute atomic E-state index is 4.05. The maximum Gasteiger partial charge on any atom is 0.0361 e. The van der Waals surface area contributed by atoms with Crippen LogP contribution in [0.25, 0.3) is 0 Å². The standard InChI is InChI=1S/C14H21N/c1-11(2)14(3,4)12-7-9-13(10-8-12)15(5)6/h7-10H,1H2,2-6H3. The predicted octanol–water partition coefficient (Wildman–Crippen LogP) is 3.61. The SMILES string of the molecule is C=C(C)C(C)(C)c1ccc(N(C)C)cc1. The zero-order valence-corrected chi connectivity index (χ0v) is 10.5. The molecule has 0 unspecified atom stereocenters. The van der Waals surface area contributed by atoms with Crippen molar-refractivity contribution in [2.75, 3.05) is 19.0 Å². The van der Waals surface area contributed by atoms with Crippen LogP contribution in [0, 0.1) is 0 Å². The highest BCUT2D eigenvalue weighted by Crippen LogP contribution is 2.30. The van der Waals surface area contributed by atoms with Crippen LogP contribution in [-0.2, 0) is 5.41 Å². The highest BCUT2D eigenvalue weighted by atomic mass is 15.1. The first-order valence-electron chi connectivity index (χ1n) is 5.29. The van der Waals surface area contributed by atoms with Crippen molar-refractivity contribution in [1.29, 1.82) is 0 Å². The number of allylic oxidation sites excluding steroid dienone is 1. The van der Waals surface area contributed by atoms with Gasteiger partial charge in [0.1, 0.15) is 0 Å². The van der Waals surface area contributed by atoms with Gasteiger partial charge in [-0.3, -0.25) is 0 Å². The van der Waals surface area contributed by atoms with Crippen LogP contribution in [-0.4, -0.2) is 14.1 Å². The number of rotatable bonds is 3. The van der Waals surface area contributed by atoms with E-state index in [2.05, 4.69) is 70.6 Å². The van der Waals surface area contributed by atoms with Crippen LogP contribution in [0.1, 0.15) is 26.3 Å². The van der Waals surface area contributed by atoms with Crippen LogP contribution < -0.4 is 4.90 Å². The zero-order chi connectivity index (χ0) is 11.6. The minimum Gasteiger partial charge on any atom is -0.378 e. The molecule has 1 nitrogen and oxygen atoms in total. The van der Waals surface area contributed by atoms with Crippen LogP contribution in [0.4, 0.5) is 5.69 Å². The molecule has 0 aliphatic carbocycles. The molecule has 0 saturated heterocycles. The fourth-order valence-electron chi connectivity index (χ4n) is 1.42. The van der Waals surface area contributed by atoms with Gasteiger partial charge in [-0.25, -0.2) is 0 Å². The summed E-state index contributed by atoms with van der Waals surface area (Å²) in [7, 11) is 4.11. The quantitative estimate of drug-likeness (QED) is 0.678. The van der Waals surface area contributed by atoms with E-state index in [9.17, 15) is 0 Å². The topological polar surface area (TPSA) is 3.24 Å². The Morgan fingerprint density at radius 2 is 1.60 bits per heavy atom. The molecule has 1 aromatic rings. The smallest absolute Gasteiger partial charge is 0.0361 e. The van der Waals surface area contributed by atoms with Gasteiger partial charge < -0.3 is 4.90 Å². The summed E-state index contributed by atoms with van der Waals surface area (Å²) in [6.45, 7) is 10.6. The van der Waals surface area contributed by atoms with Crippen LogP contribution in [0.5, 0.6) is 0 Å². The van der Waals surface area contributed by atoms with Crippen molar-refractivity contribution in [3.63, 3.8) is 0 Å². The van der Waals surface area contributed by atoms with E-state index in [1.807, 2.05) is 0 Å². The van der Waals surface area contributed by atoms with Crippen molar-refractivity contribution in [3.8, 4) is 0 Å². The van der Waals surface area contributed by atoms with Crippen molar-refractivity contribution in [2.45, 2.75) is 26.2 Å². The van der Waals surface area contributed by atoms with E-state index in [1.54, 1.807) is 0 Å². The molecule has 15 heavy (non-hydrogen) atoms. The molecular formula is C14H21N. The van der Waals surface area contributed by atoms with E-state index in [0.717, 1.165) is 0 Å². The molecule has 0 heterocycles. The Kier molecular flexibility index (Phi) is 3.23. The minimum atomic E-state index is 0.0604. The summed E-state index contributed by atoms with van der Waals surface area (Å²) in [5.74, 6) is 0. The summed E-state index contributed by atoms with van der Waals surface area (Å²) in [5.41, 5.74) is 3.81. The normalized spacial score (nSPS) is 11.3. The lowest BCUT2D eigenvalue weighted by Gasteiger charge is -2.26. The maximum atomic E-state index is 4.05. The second-order valence-electron chi connectivity index (χ2n) is 4.85. The molecule has 0 N–H and O–H groups in total. The van der Waals surface area contributed by atoms with Gasteiger partial charge in [0, 0.05) is 25.2 Å². The molecule has 0 bridgehead atoms. The van der Waals surface area contributed by atoms with Crippen LogP contribution in [0.3, 0.4) is 0 Å². The van der Waals surface area contributed by atoms with Gasteiger partial charge in [0.05, 0.1) is 0 Å². The van der Waals surface area contributed by atoms with Crippen molar-refractivity contribution in [3.05, 3.63) is 42.0 Å². The van der Waals surface area contributed by atoms with Gasteiger partial charge >= 0.3 is 0 Å². The Bertz CT molecular complexity index is 344. The van der Waals surface area contributed by atoms with E-state index < -0.39 is 0 Å². The van der Waals surface area contributed by atoms with E-state index in [0.29, 0.717) is 0 Å².